The number of nitrogens with zero attached hydrogens (tertiary/aromatic N) is 2. The Labute approximate surface area is 162 Å². The van der Waals surface area contributed by atoms with E-state index in [1.54, 1.807) is 14.2 Å². The van der Waals surface area contributed by atoms with Crippen LogP contribution in [0.1, 0.15) is 48.3 Å². The first-order chi connectivity index (χ1) is 13.0. The lowest BCUT2D eigenvalue weighted by Crippen LogP contribution is -2.39. The molecule has 0 N–H and O–H groups in total. The van der Waals surface area contributed by atoms with Crippen LogP contribution in [-0.4, -0.2) is 43.3 Å². The summed E-state index contributed by atoms with van der Waals surface area (Å²) in [6, 6.07) is 4.60. The Bertz CT molecular complexity index is 769. The third-order valence-corrected chi connectivity index (χ3v) is 5.84. The molecule has 5 nitrogen and oxygen atoms in total. The minimum absolute atomic E-state index is 0.572. The van der Waals surface area contributed by atoms with E-state index in [1.807, 2.05) is 19.1 Å². The van der Waals surface area contributed by atoms with Crippen LogP contribution in [0.2, 0.25) is 0 Å². The Kier molecular flexibility index (Phi) is 6.55. The maximum absolute atomic E-state index is 6.06. The SMILES string of the molecule is COCCC1CCCCN1Cc1nc(-c2ccc(OC)c(C)c2C)oc1C. The van der Waals surface area contributed by atoms with Crippen molar-refractivity contribution in [3.8, 4) is 17.2 Å². The number of benzene rings is 1. The van der Waals surface area contributed by atoms with Crippen molar-refractivity contribution in [2.45, 2.75) is 59.0 Å². The van der Waals surface area contributed by atoms with Gasteiger partial charge in [-0.3, -0.25) is 4.90 Å². The highest BCUT2D eigenvalue weighted by atomic mass is 16.5. The third kappa shape index (κ3) is 4.36. The van der Waals surface area contributed by atoms with E-state index in [4.69, 9.17) is 18.9 Å². The summed E-state index contributed by atoms with van der Waals surface area (Å²) in [6.07, 6.45) is 4.88. The number of oxazole rings is 1. The van der Waals surface area contributed by atoms with Gasteiger partial charge in [-0.05, 0) is 69.8 Å². The zero-order chi connectivity index (χ0) is 19.4. The molecule has 0 radical (unpaired) electrons. The molecule has 148 valence electrons. The van der Waals surface area contributed by atoms with Crippen molar-refractivity contribution < 1.29 is 13.9 Å². The fraction of sp³-hybridized carbons (Fsp3) is 0.591. The number of ether oxygens (including phenoxy) is 2. The molecule has 1 aliphatic heterocycles. The largest absolute Gasteiger partial charge is 0.496 e. The molecular formula is C22H32N2O3. The van der Waals surface area contributed by atoms with Crippen molar-refractivity contribution in [2.75, 3.05) is 27.4 Å². The van der Waals surface area contributed by atoms with E-state index < -0.39 is 0 Å². The highest BCUT2D eigenvalue weighted by Gasteiger charge is 2.25. The first-order valence-corrected chi connectivity index (χ1v) is 9.89. The fourth-order valence-electron chi connectivity index (χ4n) is 3.98. The summed E-state index contributed by atoms with van der Waals surface area (Å²) in [7, 11) is 3.48. The number of hydrogen-bond acceptors (Lipinski definition) is 5. The Morgan fingerprint density at radius 1 is 1.15 bits per heavy atom. The van der Waals surface area contributed by atoms with Gasteiger partial charge in [0, 0.05) is 31.9 Å². The second-order valence-electron chi connectivity index (χ2n) is 7.49. The Morgan fingerprint density at radius 2 is 1.96 bits per heavy atom. The van der Waals surface area contributed by atoms with Crippen LogP contribution in [0.4, 0.5) is 0 Å². The quantitative estimate of drug-likeness (QED) is 0.707. The topological polar surface area (TPSA) is 47.7 Å². The molecule has 1 aromatic carbocycles. The predicted octanol–water partition coefficient (Wildman–Crippen LogP) is 4.67. The van der Waals surface area contributed by atoms with Gasteiger partial charge in [-0.2, -0.15) is 0 Å². The van der Waals surface area contributed by atoms with Gasteiger partial charge in [0.25, 0.3) is 0 Å². The van der Waals surface area contributed by atoms with E-state index in [-0.39, 0.29) is 0 Å². The zero-order valence-corrected chi connectivity index (χ0v) is 17.3. The lowest BCUT2D eigenvalue weighted by Gasteiger charge is -2.35. The van der Waals surface area contributed by atoms with E-state index in [2.05, 4.69) is 18.7 Å². The van der Waals surface area contributed by atoms with Crippen molar-refractivity contribution in [1.82, 2.24) is 9.88 Å². The number of methoxy groups -OCH3 is 2. The molecule has 0 spiro atoms. The van der Waals surface area contributed by atoms with Crippen molar-refractivity contribution >= 4 is 0 Å². The summed E-state index contributed by atoms with van der Waals surface area (Å²) in [6.45, 7) is 8.97. The van der Waals surface area contributed by atoms with Crippen molar-refractivity contribution in [3.05, 3.63) is 34.7 Å². The van der Waals surface area contributed by atoms with Gasteiger partial charge in [0.15, 0.2) is 0 Å². The Morgan fingerprint density at radius 3 is 2.70 bits per heavy atom. The molecule has 0 saturated carbocycles. The van der Waals surface area contributed by atoms with E-state index in [9.17, 15) is 0 Å². The molecule has 27 heavy (non-hydrogen) atoms. The monoisotopic (exact) mass is 372 g/mol. The van der Waals surface area contributed by atoms with Crippen LogP contribution in [0, 0.1) is 20.8 Å². The summed E-state index contributed by atoms with van der Waals surface area (Å²) in [5, 5.41) is 0. The zero-order valence-electron chi connectivity index (χ0n) is 17.3. The van der Waals surface area contributed by atoms with Crippen LogP contribution in [0.25, 0.3) is 11.5 Å². The summed E-state index contributed by atoms with van der Waals surface area (Å²) < 4.78 is 16.8. The van der Waals surface area contributed by atoms with Gasteiger partial charge in [0.2, 0.25) is 5.89 Å². The molecular weight excluding hydrogens is 340 g/mol. The smallest absolute Gasteiger partial charge is 0.226 e. The molecule has 1 atom stereocenters. The number of aryl methyl sites for hydroxylation is 1. The van der Waals surface area contributed by atoms with Crippen LogP contribution < -0.4 is 4.74 Å². The average molecular weight is 373 g/mol. The van der Waals surface area contributed by atoms with Gasteiger partial charge < -0.3 is 13.9 Å². The van der Waals surface area contributed by atoms with Gasteiger partial charge in [-0.15, -0.1) is 0 Å². The van der Waals surface area contributed by atoms with E-state index in [0.29, 0.717) is 11.9 Å². The van der Waals surface area contributed by atoms with Crippen LogP contribution in [0.5, 0.6) is 5.75 Å². The second kappa shape index (κ2) is 8.89. The molecule has 0 aliphatic carbocycles. The van der Waals surface area contributed by atoms with Gasteiger partial charge in [-0.1, -0.05) is 6.42 Å². The van der Waals surface area contributed by atoms with Crippen LogP contribution in [0.3, 0.4) is 0 Å². The third-order valence-electron chi connectivity index (χ3n) is 5.84. The highest BCUT2D eigenvalue weighted by molar-refractivity contribution is 5.63. The van der Waals surface area contributed by atoms with Crippen molar-refractivity contribution in [2.24, 2.45) is 0 Å². The molecule has 1 aromatic heterocycles. The molecule has 1 aliphatic rings. The lowest BCUT2D eigenvalue weighted by molar-refractivity contribution is 0.0961. The number of piperidine rings is 1. The molecule has 2 heterocycles. The van der Waals surface area contributed by atoms with Gasteiger partial charge in [-0.25, -0.2) is 4.98 Å². The second-order valence-corrected chi connectivity index (χ2v) is 7.49. The molecule has 3 rings (SSSR count). The minimum atomic E-state index is 0.572. The van der Waals surface area contributed by atoms with Crippen LogP contribution in [-0.2, 0) is 11.3 Å². The maximum atomic E-state index is 6.06. The number of rotatable bonds is 7. The summed E-state index contributed by atoms with van der Waals surface area (Å²) >= 11 is 0. The molecule has 0 bridgehead atoms. The average Bonchev–Trinajstić information content (AvgIpc) is 3.03. The predicted molar refractivity (Wildman–Crippen MR) is 107 cm³/mol. The molecule has 5 heteroatoms. The maximum Gasteiger partial charge on any atom is 0.226 e. The first kappa shape index (κ1) is 19.9. The Balaban J connectivity index is 1.81. The van der Waals surface area contributed by atoms with Crippen LogP contribution >= 0.6 is 0 Å². The van der Waals surface area contributed by atoms with Crippen molar-refractivity contribution in [1.29, 1.82) is 0 Å². The summed E-state index contributed by atoms with van der Waals surface area (Å²) in [5.74, 6) is 2.51. The number of hydrogen-bond donors (Lipinski definition) is 0. The van der Waals surface area contributed by atoms with Crippen LogP contribution in [0.15, 0.2) is 16.5 Å². The summed E-state index contributed by atoms with van der Waals surface area (Å²) in [4.78, 5) is 7.41. The molecule has 1 unspecified atom stereocenters. The normalized spacial score (nSPS) is 18.0. The van der Waals surface area contributed by atoms with Gasteiger partial charge in [0.05, 0.1) is 12.8 Å². The Hall–Kier alpha value is -1.85. The van der Waals surface area contributed by atoms with Gasteiger partial charge in [0.1, 0.15) is 11.5 Å². The van der Waals surface area contributed by atoms with Crippen molar-refractivity contribution in [3.63, 3.8) is 0 Å². The highest BCUT2D eigenvalue weighted by Crippen LogP contribution is 2.32. The lowest BCUT2D eigenvalue weighted by atomic mass is 9.99. The van der Waals surface area contributed by atoms with E-state index in [0.717, 1.165) is 60.0 Å². The molecule has 1 fully saturated rings. The van der Waals surface area contributed by atoms with E-state index in [1.165, 1.54) is 19.3 Å². The minimum Gasteiger partial charge on any atom is -0.496 e. The van der Waals surface area contributed by atoms with Gasteiger partial charge >= 0.3 is 0 Å². The molecule has 2 aromatic rings. The van der Waals surface area contributed by atoms with E-state index >= 15 is 0 Å². The number of likely N-dealkylation sites (tertiary alicyclic amines) is 1. The standard InChI is InChI=1S/C22H32N2O3/c1-15-16(2)21(26-5)10-9-19(15)22-23-20(17(3)27-22)14-24-12-7-6-8-18(24)11-13-25-4/h9-10,18H,6-8,11-14H2,1-5H3. The summed E-state index contributed by atoms with van der Waals surface area (Å²) in [5.41, 5.74) is 4.36. The molecule has 1 saturated heterocycles. The number of aromatic nitrogens is 1. The first-order valence-electron chi connectivity index (χ1n) is 9.89. The fourth-order valence-corrected chi connectivity index (χ4v) is 3.98. The molecule has 0 amide bonds.